The average Bonchev–Trinajstić information content (AvgIpc) is 3.21. The van der Waals surface area contributed by atoms with Gasteiger partial charge in [0.2, 0.25) is 0 Å². The Balaban J connectivity index is 1.55. The summed E-state index contributed by atoms with van der Waals surface area (Å²) in [4.78, 5) is 12.5. The minimum atomic E-state index is -0.185. The number of halogens is 1. The zero-order valence-electron chi connectivity index (χ0n) is 16.1. The molecule has 0 aliphatic heterocycles. The molecule has 4 rings (SSSR count). The first-order valence-electron chi connectivity index (χ1n) is 9.17. The quantitative estimate of drug-likeness (QED) is 0.493. The zero-order chi connectivity index (χ0) is 20.4. The maximum absolute atomic E-state index is 12.5. The Kier molecular flexibility index (Phi) is 5.14. The van der Waals surface area contributed by atoms with E-state index in [1.165, 1.54) is 5.56 Å². The Hall–Kier alpha value is -3.44. The van der Waals surface area contributed by atoms with Crippen LogP contribution in [0.25, 0.3) is 16.9 Å². The molecule has 0 saturated carbocycles. The highest BCUT2D eigenvalue weighted by Crippen LogP contribution is 2.23. The van der Waals surface area contributed by atoms with Crippen LogP contribution in [-0.4, -0.2) is 20.9 Å². The van der Waals surface area contributed by atoms with Crippen LogP contribution in [-0.2, 0) is 0 Å². The third-order valence-corrected chi connectivity index (χ3v) is 5.11. The van der Waals surface area contributed by atoms with E-state index >= 15 is 0 Å². The molecule has 1 heterocycles. The van der Waals surface area contributed by atoms with Crippen LogP contribution in [0.2, 0.25) is 5.02 Å². The van der Waals surface area contributed by atoms with Gasteiger partial charge in [-0.3, -0.25) is 4.79 Å². The van der Waals surface area contributed by atoms with Crippen LogP contribution in [0.5, 0.6) is 0 Å². The van der Waals surface area contributed by atoms with Crippen molar-refractivity contribution in [2.75, 3.05) is 5.32 Å². The van der Waals surface area contributed by atoms with Gasteiger partial charge in [0.1, 0.15) is 0 Å². The Morgan fingerprint density at radius 2 is 1.69 bits per heavy atom. The summed E-state index contributed by atoms with van der Waals surface area (Å²) in [5.74, 6) is -0.185. The van der Waals surface area contributed by atoms with Crippen molar-refractivity contribution in [3.63, 3.8) is 0 Å². The summed E-state index contributed by atoms with van der Waals surface area (Å²) in [5.41, 5.74) is 6.11. The molecule has 6 heteroatoms. The van der Waals surface area contributed by atoms with Gasteiger partial charge in [-0.2, -0.15) is 0 Å². The predicted molar refractivity (Wildman–Crippen MR) is 116 cm³/mol. The number of anilines is 1. The second-order valence-electron chi connectivity index (χ2n) is 6.86. The number of hydrogen-bond donors (Lipinski definition) is 1. The van der Waals surface area contributed by atoms with Gasteiger partial charge in [0.15, 0.2) is 0 Å². The Labute approximate surface area is 174 Å². The first-order chi connectivity index (χ1) is 14.0. The maximum atomic E-state index is 12.5. The molecule has 1 amide bonds. The summed E-state index contributed by atoms with van der Waals surface area (Å²) in [7, 11) is 0. The summed E-state index contributed by atoms with van der Waals surface area (Å²) < 4.78 is 1.76. The molecule has 29 heavy (non-hydrogen) atoms. The zero-order valence-corrected chi connectivity index (χ0v) is 16.8. The fourth-order valence-corrected chi connectivity index (χ4v) is 3.14. The number of hydrogen-bond acceptors (Lipinski definition) is 3. The number of nitrogens with zero attached hydrogens (tertiary/aromatic N) is 3. The Bertz CT molecular complexity index is 1160. The van der Waals surface area contributed by atoms with Gasteiger partial charge in [-0.15, -0.1) is 5.10 Å². The molecule has 0 spiro atoms. The van der Waals surface area contributed by atoms with Crippen molar-refractivity contribution in [3.05, 3.63) is 94.6 Å². The fourth-order valence-electron chi connectivity index (χ4n) is 3.03. The molecule has 0 fully saturated rings. The van der Waals surface area contributed by atoms with Crippen molar-refractivity contribution in [1.82, 2.24) is 15.0 Å². The average molecular weight is 403 g/mol. The lowest BCUT2D eigenvalue weighted by Crippen LogP contribution is -2.12. The lowest BCUT2D eigenvalue weighted by molar-refractivity contribution is 0.102. The van der Waals surface area contributed by atoms with Crippen LogP contribution in [0.15, 0.2) is 72.9 Å². The van der Waals surface area contributed by atoms with Crippen LogP contribution in [0.4, 0.5) is 5.69 Å². The minimum Gasteiger partial charge on any atom is -0.322 e. The van der Waals surface area contributed by atoms with Gasteiger partial charge in [0, 0.05) is 21.8 Å². The highest BCUT2D eigenvalue weighted by molar-refractivity contribution is 6.31. The van der Waals surface area contributed by atoms with Crippen LogP contribution in [0, 0.1) is 13.8 Å². The molecule has 0 aliphatic rings. The summed E-state index contributed by atoms with van der Waals surface area (Å²) in [5, 5.41) is 11.8. The molecule has 0 saturated heterocycles. The summed E-state index contributed by atoms with van der Waals surface area (Å²) in [6.45, 7) is 3.95. The first kappa shape index (κ1) is 18.9. The minimum absolute atomic E-state index is 0.185. The van der Waals surface area contributed by atoms with Gasteiger partial charge >= 0.3 is 0 Å². The summed E-state index contributed by atoms with van der Waals surface area (Å²) in [6.07, 6.45) is 1.73. The number of amides is 1. The second-order valence-corrected chi connectivity index (χ2v) is 7.27. The molecular formula is C23H19ClN4O. The van der Waals surface area contributed by atoms with Crippen molar-refractivity contribution in [3.8, 4) is 16.9 Å². The number of carbonyl (C=O) groups excluding carboxylic acids is 1. The van der Waals surface area contributed by atoms with E-state index in [0.29, 0.717) is 16.3 Å². The van der Waals surface area contributed by atoms with Crippen molar-refractivity contribution in [2.24, 2.45) is 0 Å². The molecular weight excluding hydrogens is 384 g/mol. The number of benzene rings is 3. The smallest absolute Gasteiger partial charge is 0.255 e. The monoisotopic (exact) mass is 402 g/mol. The van der Waals surface area contributed by atoms with Crippen LogP contribution < -0.4 is 5.32 Å². The SMILES string of the molecule is Cc1ccc(-c2cnnn2-c2ccc(C(=O)Nc3ccc(Cl)c(C)c3)cc2)cc1. The number of aryl methyl sites for hydroxylation is 2. The molecule has 0 atom stereocenters. The van der Waals surface area contributed by atoms with Gasteiger partial charge in [0.05, 0.1) is 17.6 Å². The van der Waals surface area contributed by atoms with Crippen molar-refractivity contribution < 1.29 is 4.79 Å². The third kappa shape index (κ3) is 4.05. The van der Waals surface area contributed by atoms with Gasteiger partial charge in [-0.1, -0.05) is 46.6 Å². The van der Waals surface area contributed by atoms with E-state index in [4.69, 9.17) is 11.6 Å². The summed E-state index contributed by atoms with van der Waals surface area (Å²) >= 11 is 6.04. The highest BCUT2D eigenvalue weighted by Gasteiger charge is 2.11. The van der Waals surface area contributed by atoms with Crippen molar-refractivity contribution >= 4 is 23.2 Å². The summed E-state index contributed by atoms with van der Waals surface area (Å²) in [6, 6.07) is 20.8. The molecule has 0 aliphatic carbocycles. The van der Waals surface area contributed by atoms with E-state index < -0.39 is 0 Å². The lowest BCUT2D eigenvalue weighted by atomic mass is 10.1. The largest absolute Gasteiger partial charge is 0.322 e. The fraction of sp³-hybridized carbons (Fsp3) is 0.0870. The second kappa shape index (κ2) is 7.89. The predicted octanol–water partition coefficient (Wildman–Crippen LogP) is 5.46. The van der Waals surface area contributed by atoms with Crippen LogP contribution in [0.1, 0.15) is 21.5 Å². The molecule has 4 aromatic rings. The van der Waals surface area contributed by atoms with E-state index in [1.54, 1.807) is 35.1 Å². The molecule has 0 unspecified atom stereocenters. The number of aromatic nitrogens is 3. The van der Waals surface area contributed by atoms with E-state index in [2.05, 4.69) is 34.7 Å². The topological polar surface area (TPSA) is 59.8 Å². The molecule has 0 bridgehead atoms. The van der Waals surface area contributed by atoms with Gasteiger partial charge in [-0.25, -0.2) is 4.68 Å². The van der Waals surface area contributed by atoms with Crippen molar-refractivity contribution in [1.29, 1.82) is 0 Å². The Morgan fingerprint density at radius 3 is 2.38 bits per heavy atom. The van der Waals surface area contributed by atoms with Gasteiger partial charge in [-0.05, 0) is 61.9 Å². The molecule has 1 aromatic heterocycles. The molecule has 3 aromatic carbocycles. The standard InChI is InChI=1S/C23H19ClN4O/c1-15-3-5-17(6-4-15)22-14-25-27-28(22)20-10-7-18(8-11-20)23(29)26-19-9-12-21(24)16(2)13-19/h3-14H,1-2H3,(H,26,29). The van der Waals surface area contributed by atoms with Gasteiger partial charge in [0.25, 0.3) is 5.91 Å². The molecule has 0 radical (unpaired) electrons. The molecule has 144 valence electrons. The molecule has 1 N–H and O–H groups in total. The van der Waals surface area contributed by atoms with E-state index in [9.17, 15) is 4.79 Å². The van der Waals surface area contributed by atoms with Crippen LogP contribution >= 0.6 is 11.6 Å². The normalized spacial score (nSPS) is 10.7. The molecule has 5 nitrogen and oxygen atoms in total. The third-order valence-electron chi connectivity index (χ3n) is 4.69. The number of rotatable bonds is 4. The van der Waals surface area contributed by atoms with Crippen molar-refractivity contribution in [2.45, 2.75) is 13.8 Å². The first-order valence-corrected chi connectivity index (χ1v) is 9.55. The van der Waals surface area contributed by atoms with E-state index in [0.717, 1.165) is 22.5 Å². The van der Waals surface area contributed by atoms with Gasteiger partial charge < -0.3 is 5.32 Å². The van der Waals surface area contributed by atoms with E-state index in [1.807, 2.05) is 37.3 Å². The maximum Gasteiger partial charge on any atom is 0.255 e. The number of carbonyl (C=O) groups is 1. The Morgan fingerprint density at radius 1 is 0.966 bits per heavy atom. The highest BCUT2D eigenvalue weighted by atomic mass is 35.5. The van der Waals surface area contributed by atoms with Crippen LogP contribution in [0.3, 0.4) is 0 Å². The lowest BCUT2D eigenvalue weighted by Gasteiger charge is -2.09. The number of nitrogens with one attached hydrogen (secondary N) is 1. The van der Waals surface area contributed by atoms with E-state index in [-0.39, 0.29) is 5.91 Å².